The molecular formula is C29H33N7O7. The number of para-hydroxylation sites is 1. The van der Waals surface area contributed by atoms with Crippen molar-refractivity contribution in [3.8, 4) is 17.0 Å². The number of anilines is 3. The Morgan fingerprint density at radius 2 is 1.88 bits per heavy atom. The van der Waals surface area contributed by atoms with Gasteiger partial charge in [-0.05, 0) is 26.8 Å². The Morgan fingerprint density at radius 3 is 2.56 bits per heavy atom. The molecule has 14 heteroatoms. The molecule has 2 aromatic heterocycles. The number of ether oxygens (including phenoxy) is 3. The van der Waals surface area contributed by atoms with Crippen LogP contribution in [-0.2, 0) is 9.47 Å². The van der Waals surface area contributed by atoms with Crippen molar-refractivity contribution < 1.29 is 28.7 Å². The van der Waals surface area contributed by atoms with Crippen molar-refractivity contribution in [2.45, 2.75) is 26.4 Å². The largest absolute Gasteiger partial charge is 0.494 e. The van der Waals surface area contributed by atoms with E-state index in [1.165, 1.54) is 37.4 Å². The van der Waals surface area contributed by atoms with Gasteiger partial charge in [0.2, 0.25) is 5.95 Å². The average molecular weight is 592 g/mol. The smallest absolute Gasteiger partial charge is 0.410 e. The van der Waals surface area contributed by atoms with Gasteiger partial charge < -0.3 is 34.7 Å². The summed E-state index contributed by atoms with van der Waals surface area (Å²) >= 11 is 0. The van der Waals surface area contributed by atoms with Gasteiger partial charge in [0.05, 0.1) is 30.5 Å². The molecule has 0 saturated carbocycles. The van der Waals surface area contributed by atoms with E-state index in [0.717, 1.165) is 10.9 Å². The number of likely N-dealkylation sites (N-methyl/N-ethyl adjacent to an activating group) is 1. The zero-order valence-corrected chi connectivity index (χ0v) is 24.7. The van der Waals surface area contributed by atoms with Crippen LogP contribution in [0.4, 0.5) is 27.8 Å². The first-order valence-corrected chi connectivity index (χ1v) is 13.2. The topological polar surface area (TPSA) is 174 Å². The Morgan fingerprint density at radius 1 is 1.14 bits per heavy atom. The fourth-order valence-electron chi connectivity index (χ4n) is 4.21. The molecule has 0 aliphatic heterocycles. The molecule has 0 atom stereocenters. The highest BCUT2D eigenvalue weighted by Gasteiger charge is 2.23. The minimum absolute atomic E-state index is 0.0697. The Kier molecular flexibility index (Phi) is 8.98. The summed E-state index contributed by atoms with van der Waals surface area (Å²) in [5.41, 5.74) is 1.47. The van der Waals surface area contributed by atoms with E-state index in [0.29, 0.717) is 11.3 Å². The number of carbonyl (C=O) groups is 2. The lowest BCUT2D eigenvalue weighted by Crippen LogP contribution is -2.36. The van der Waals surface area contributed by atoms with Crippen LogP contribution in [0.2, 0.25) is 0 Å². The van der Waals surface area contributed by atoms with Gasteiger partial charge in [-0.15, -0.1) is 0 Å². The Balaban J connectivity index is 1.62. The number of carbonyl (C=O) groups excluding carboxylic acids is 2. The number of nitrogens with one attached hydrogen (secondary N) is 3. The molecule has 2 aromatic carbocycles. The van der Waals surface area contributed by atoms with Gasteiger partial charge >= 0.3 is 12.1 Å². The number of amides is 1. The number of hydrogen-bond acceptors (Lipinski definition) is 11. The number of esters is 1. The third kappa shape index (κ3) is 7.09. The number of aromatic amines is 1. The van der Waals surface area contributed by atoms with E-state index in [-0.39, 0.29) is 47.4 Å². The normalized spacial score (nSPS) is 11.1. The molecule has 0 fully saturated rings. The lowest BCUT2D eigenvalue weighted by molar-refractivity contribution is -0.383. The summed E-state index contributed by atoms with van der Waals surface area (Å²) in [4.78, 5) is 49.6. The molecule has 0 spiro atoms. The second-order valence-corrected chi connectivity index (χ2v) is 10.5. The van der Waals surface area contributed by atoms with Crippen LogP contribution in [0.5, 0.6) is 5.75 Å². The van der Waals surface area contributed by atoms with Crippen molar-refractivity contribution in [3.63, 3.8) is 0 Å². The number of rotatable bonds is 10. The summed E-state index contributed by atoms with van der Waals surface area (Å²) in [6.45, 7) is 5.74. The maximum Gasteiger partial charge on any atom is 0.410 e. The fourth-order valence-corrected chi connectivity index (χ4v) is 4.21. The van der Waals surface area contributed by atoms with Gasteiger partial charge in [0.25, 0.3) is 5.69 Å². The van der Waals surface area contributed by atoms with Crippen molar-refractivity contribution in [2.24, 2.45) is 0 Å². The first kappa shape index (κ1) is 30.6. The van der Waals surface area contributed by atoms with Crippen molar-refractivity contribution in [1.82, 2.24) is 19.9 Å². The first-order chi connectivity index (χ1) is 20.4. The molecule has 0 bridgehead atoms. The van der Waals surface area contributed by atoms with Crippen LogP contribution >= 0.6 is 0 Å². The van der Waals surface area contributed by atoms with Gasteiger partial charge in [-0.2, -0.15) is 0 Å². The molecule has 3 N–H and O–H groups in total. The zero-order chi connectivity index (χ0) is 31.3. The summed E-state index contributed by atoms with van der Waals surface area (Å²) in [7, 11) is 4.27. The molecule has 0 radical (unpaired) electrons. The SMILES string of the molecule is COC(=O)c1cnc(Nc2cc([N+](=O)[O-])c(NCCN(C)C(=O)OC(C)(C)C)cc2OC)nc1-c1c[nH]c2ccccc12. The van der Waals surface area contributed by atoms with Crippen LogP contribution in [-0.4, -0.2) is 76.8 Å². The van der Waals surface area contributed by atoms with Crippen molar-refractivity contribution in [1.29, 1.82) is 0 Å². The van der Waals surface area contributed by atoms with Crippen LogP contribution in [0.25, 0.3) is 22.2 Å². The number of aromatic nitrogens is 3. The lowest BCUT2D eigenvalue weighted by atomic mass is 10.1. The predicted octanol–water partition coefficient (Wildman–Crippen LogP) is 5.35. The number of nitro groups is 1. The molecule has 226 valence electrons. The van der Waals surface area contributed by atoms with Crippen LogP contribution < -0.4 is 15.4 Å². The number of nitro benzene ring substituents is 1. The number of nitrogens with zero attached hydrogens (tertiary/aromatic N) is 4. The molecule has 1 amide bonds. The van der Waals surface area contributed by atoms with E-state index in [9.17, 15) is 19.7 Å². The summed E-state index contributed by atoms with van der Waals surface area (Å²) in [6, 6.07) is 10.3. The number of benzene rings is 2. The van der Waals surface area contributed by atoms with Gasteiger partial charge in [-0.1, -0.05) is 18.2 Å². The highest BCUT2D eigenvalue weighted by atomic mass is 16.6. The summed E-state index contributed by atoms with van der Waals surface area (Å²) < 4.78 is 15.8. The second kappa shape index (κ2) is 12.6. The van der Waals surface area contributed by atoms with Crippen LogP contribution in [0.3, 0.4) is 0 Å². The third-order valence-corrected chi connectivity index (χ3v) is 6.27. The lowest BCUT2D eigenvalue weighted by Gasteiger charge is -2.24. The monoisotopic (exact) mass is 591 g/mol. The van der Waals surface area contributed by atoms with Gasteiger partial charge in [0, 0.05) is 61.1 Å². The number of methoxy groups -OCH3 is 2. The Labute approximate surface area is 247 Å². The maximum atomic E-state index is 12.6. The summed E-state index contributed by atoms with van der Waals surface area (Å²) in [5, 5.41) is 18.8. The van der Waals surface area contributed by atoms with E-state index in [1.54, 1.807) is 34.0 Å². The molecule has 4 aromatic rings. The van der Waals surface area contributed by atoms with E-state index in [1.807, 2.05) is 24.3 Å². The first-order valence-electron chi connectivity index (χ1n) is 13.2. The minimum Gasteiger partial charge on any atom is -0.494 e. The average Bonchev–Trinajstić information content (AvgIpc) is 3.40. The van der Waals surface area contributed by atoms with Crippen LogP contribution in [0.1, 0.15) is 31.1 Å². The van der Waals surface area contributed by atoms with Gasteiger partial charge in [0.1, 0.15) is 22.6 Å². The van der Waals surface area contributed by atoms with Crippen LogP contribution in [0.15, 0.2) is 48.8 Å². The predicted molar refractivity (Wildman–Crippen MR) is 161 cm³/mol. The Hall–Kier alpha value is -5.40. The molecule has 0 aliphatic carbocycles. The van der Waals surface area contributed by atoms with E-state index < -0.39 is 22.6 Å². The van der Waals surface area contributed by atoms with Crippen molar-refractivity contribution >= 4 is 46.0 Å². The highest BCUT2D eigenvalue weighted by molar-refractivity contribution is 6.02. The maximum absolute atomic E-state index is 12.6. The molecule has 0 aliphatic rings. The van der Waals surface area contributed by atoms with Crippen LogP contribution in [0, 0.1) is 10.1 Å². The van der Waals surface area contributed by atoms with E-state index in [4.69, 9.17) is 14.2 Å². The zero-order valence-electron chi connectivity index (χ0n) is 24.7. The molecule has 4 rings (SSSR count). The van der Waals surface area contributed by atoms with E-state index in [2.05, 4.69) is 25.6 Å². The standard InChI is InChI=1S/C29H33N7O7/c1-29(2,3)43-28(38)35(4)12-11-30-21-14-24(41-5)22(13-23(21)36(39)40)33-27-32-16-19(26(37)42-6)25(34-27)18-15-31-20-10-8-7-9-17(18)20/h7-10,13-16,30-31H,11-12H2,1-6H3,(H,32,33,34). The summed E-state index contributed by atoms with van der Waals surface area (Å²) in [6.07, 6.45) is 2.55. The Bertz CT molecular complexity index is 1660. The van der Waals surface area contributed by atoms with Gasteiger partial charge in [0.15, 0.2) is 0 Å². The fraction of sp³-hybridized carbons (Fsp3) is 0.310. The third-order valence-electron chi connectivity index (χ3n) is 6.27. The summed E-state index contributed by atoms with van der Waals surface area (Å²) in [5.74, 6) is -0.282. The number of hydrogen-bond donors (Lipinski definition) is 3. The molecule has 0 unspecified atom stereocenters. The van der Waals surface area contributed by atoms with E-state index >= 15 is 0 Å². The number of fused-ring (bicyclic) bond motifs is 1. The molecule has 14 nitrogen and oxygen atoms in total. The van der Waals surface area contributed by atoms with Gasteiger partial charge in [-0.25, -0.2) is 19.6 Å². The van der Waals surface area contributed by atoms with Gasteiger partial charge in [-0.3, -0.25) is 10.1 Å². The second-order valence-electron chi connectivity index (χ2n) is 10.5. The van der Waals surface area contributed by atoms with Crippen molar-refractivity contribution in [2.75, 3.05) is 45.0 Å². The molecule has 0 saturated heterocycles. The van der Waals surface area contributed by atoms with Crippen molar-refractivity contribution in [3.05, 3.63) is 64.5 Å². The minimum atomic E-state index is -0.646. The number of H-pyrrole nitrogens is 1. The molecule has 2 heterocycles. The highest BCUT2D eigenvalue weighted by Crippen LogP contribution is 2.38. The quantitative estimate of drug-likeness (QED) is 0.123. The molecule has 43 heavy (non-hydrogen) atoms. The molecular weight excluding hydrogens is 558 g/mol.